The van der Waals surface area contributed by atoms with E-state index in [-0.39, 0.29) is 11.9 Å². The van der Waals surface area contributed by atoms with Crippen LogP contribution >= 0.6 is 0 Å². The standard InChI is InChI=1S/C21H24N2O/c24-21(12-11-18-7-3-1-4-8-18)22-20-13-15-23(16-14-20)17-19-9-5-2-6-10-19/h1-12,20H,13-17H2,(H,22,24)/b12-11+. The molecule has 2 aromatic rings. The van der Waals surface area contributed by atoms with E-state index in [1.54, 1.807) is 6.08 Å². The lowest BCUT2D eigenvalue weighted by atomic mass is 10.0. The van der Waals surface area contributed by atoms with Crippen LogP contribution in [0.4, 0.5) is 0 Å². The number of nitrogens with one attached hydrogen (secondary N) is 1. The SMILES string of the molecule is O=C(/C=C/c1ccccc1)NC1CCN(Cc2ccccc2)CC1. The van der Waals surface area contributed by atoms with Gasteiger partial charge in [0, 0.05) is 31.8 Å². The number of carbonyl (C=O) groups excluding carboxylic acids is 1. The molecule has 1 fully saturated rings. The smallest absolute Gasteiger partial charge is 0.244 e. The largest absolute Gasteiger partial charge is 0.350 e. The van der Waals surface area contributed by atoms with Gasteiger partial charge in [0.05, 0.1) is 0 Å². The summed E-state index contributed by atoms with van der Waals surface area (Å²) in [6.07, 6.45) is 5.51. The van der Waals surface area contributed by atoms with Crippen molar-refractivity contribution in [1.82, 2.24) is 10.2 Å². The summed E-state index contributed by atoms with van der Waals surface area (Å²) in [5.74, 6) is 0.000336. The number of amides is 1. The fourth-order valence-electron chi connectivity index (χ4n) is 3.06. The molecule has 0 aromatic heterocycles. The van der Waals surface area contributed by atoms with Gasteiger partial charge in [0.1, 0.15) is 0 Å². The van der Waals surface area contributed by atoms with Gasteiger partial charge in [-0.05, 0) is 30.0 Å². The molecular weight excluding hydrogens is 296 g/mol. The maximum atomic E-state index is 12.0. The van der Waals surface area contributed by atoms with E-state index >= 15 is 0 Å². The number of nitrogens with zero attached hydrogens (tertiary/aromatic N) is 1. The van der Waals surface area contributed by atoms with Crippen molar-refractivity contribution in [2.24, 2.45) is 0 Å². The second-order valence-corrected chi connectivity index (χ2v) is 6.29. The van der Waals surface area contributed by atoms with Crippen molar-refractivity contribution in [2.45, 2.75) is 25.4 Å². The van der Waals surface area contributed by atoms with Gasteiger partial charge in [-0.3, -0.25) is 9.69 Å². The summed E-state index contributed by atoms with van der Waals surface area (Å²) < 4.78 is 0. The van der Waals surface area contributed by atoms with Crippen LogP contribution in [0.2, 0.25) is 0 Å². The summed E-state index contributed by atoms with van der Waals surface area (Å²) in [4.78, 5) is 14.5. The zero-order chi connectivity index (χ0) is 16.6. The van der Waals surface area contributed by atoms with Crippen molar-refractivity contribution in [2.75, 3.05) is 13.1 Å². The molecule has 0 aliphatic carbocycles. The molecule has 1 N–H and O–H groups in total. The van der Waals surface area contributed by atoms with E-state index in [1.807, 2.05) is 42.5 Å². The first-order valence-electron chi connectivity index (χ1n) is 8.59. The first-order valence-corrected chi connectivity index (χ1v) is 8.59. The van der Waals surface area contributed by atoms with Crippen molar-refractivity contribution in [1.29, 1.82) is 0 Å². The monoisotopic (exact) mass is 320 g/mol. The van der Waals surface area contributed by atoms with Gasteiger partial charge < -0.3 is 5.32 Å². The Labute approximate surface area is 144 Å². The molecule has 0 radical (unpaired) electrons. The van der Waals surface area contributed by atoms with Gasteiger partial charge in [-0.1, -0.05) is 60.7 Å². The molecule has 2 aromatic carbocycles. The van der Waals surface area contributed by atoms with Crippen LogP contribution < -0.4 is 5.32 Å². The van der Waals surface area contributed by atoms with E-state index < -0.39 is 0 Å². The zero-order valence-corrected chi connectivity index (χ0v) is 13.9. The summed E-state index contributed by atoms with van der Waals surface area (Å²) in [6, 6.07) is 20.7. The fraction of sp³-hybridized carbons (Fsp3) is 0.286. The molecule has 1 amide bonds. The Morgan fingerprint density at radius 3 is 2.29 bits per heavy atom. The van der Waals surface area contributed by atoms with Gasteiger partial charge in [-0.25, -0.2) is 0 Å². The average molecular weight is 320 g/mol. The van der Waals surface area contributed by atoms with E-state index in [1.165, 1.54) is 5.56 Å². The number of likely N-dealkylation sites (tertiary alicyclic amines) is 1. The molecule has 1 saturated heterocycles. The van der Waals surface area contributed by atoms with Crippen molar-refractivity contribution in [3.8, 4) is 0 Å². The highest BCUT2D eigenvalue weighted by atomic mass is 16.1. The summed E-state index contributed by atoms with van der Waals surface area (Å²) in [6.45, 7) is 3.06. The van der Waals surface area contributed by atoms with E-state index in [0.717, 1.165) is 38.0 Å². The van der Waals surface area contributed by atoms with Crippen molar-refractivity contribution in [3.63, 3.8) is 0 Å². The summed E-state index contributed by atoms with van der Waals surface area (Å²) in [5.41, 5.74) is 2.40. The minimum Gasteiger partial charge on any atom is -0.350 e. The second-order valence-electron chi connectivity index (χ2n) is 6.29. The van der Waals surface area contributed by atoms with Crippen molar-refractivity contribution >= 4 is 12.0 Å². The van der Waals surface area contributed by atoms with E-state index in [0.29, 0.717) is 0 Å². The third-order valence-electron chi connectivity index (χ3n) is 4.41. The summed E-state index contributed by atoms with van der Waals surface area (Å²) in [5, 5.41) is 3.12. The maximum Gasteiger partial charge on any atom is 0.244 e. The van der Waals surface area contributed by atoms with Crippen LogP contribution in [0.25, 0.3) is 6.08 Å². The highest BCUT2D eigenvalue weighted by Gasteiger charge is 2.19. The summed E-state index contributed by atoms with van der Waals surface area (Å²) >= 11 is 0. The first-order chi connectivity index (χ1) is 11.8. The van der Waals surface area contributed by atoms with Crippen LogP contribution in [-0.4, -0.2) is 29.9 Å². The molecule has 0 spiro atoms. The third-order valence-corrected chi connectivity index (χ3v) is 4.41. The molecule has 24 heavy (non-hydrogen) atoms. The molecule has 3 heteroatoms. The number of hydrogen-bond donors (Lipinski definition) is 1. The van der Waals surface area contributed by atoms with E-state index in [4.69, 9.17) is 0 Å². The Morgan fingerprint density at radius 1 is 1.00 bits per heavy atom. The Bertz CT molecular complexity index is 659. The van der Waals surface area contributed by atoms with Gasteiger partial charge in [0.25, 0.3) is 0 Å². The molecule has 3 rings (SSSR count). The van der Waals surface area contributed by atoms with Crippen LogP contribution in [0.15, 0.2) is 66.7 Å². The van der Waals surface area contributed by atoms with Gasteiger partial charge in [-0.15, -0.1) is 0 Å². The number of carbonyl (C=O) groups is 1. The number of rotatable bonds is 5. The topological polar surface area (TPSA) is 32.3 Å². The predicted molar refractivity (Wildman–Crippen MR) is 98.4 cm³/mol. The fourth-order valence-corrected chi connectivity index (χ4v) is 3.06. The quantitative estimate of drug-likeness (QED) is 0.856. The van der Waals surface area contributed by atoms with Crippen molar-refractivity contribution in [3.05, 3.63) is 77.9 Å². The van der Waals surface area contributed by atoms with Gasteiger partial charge in [0.2, 0.25) is 5.91 Å². The third kappa shape index (κ3) is 5.07. The van der Waals surface area contributed by atoms with Crippen LogP contribution in [-0.2, 0) is 11.3 Å². The molecule has 0 unspecified atom stereocenters. The summed E-state index contributed by atoms with van der Waals surface area (Å²) in [7, 11) is 0. The Kier molecular flexibility index (Phi) is 5.80. The molecule has 0 atom stereocenters. The molecule has 3 nitrogen and oxygen atoms in total. The van der Waals surface area contributed by atoms with Gasteiger partial charge >= 0.3 is 0 Å². The normalized spacial score (nSPS) is 16.3. The van der Waals surface area contributed by atoms with Crippen LogP contribution in [0.1, 0.15) is 24.0 Å². The van der Waals surface area contributed by atoms with Crippen LogP contribution in [0.3, 0.4) is 0 Å². The molecule has 0 saturated carbocycles. The van der Waals surface area contributed by atoms with Gasteiger partial charge in [0.15, 0.2) is 0 Å². The molecule has 1 aliphatic heterocycles. The second kappa shape index (κ2) is 8.46. The average Bonchev–Trinajstić information content (AvgIpc) is 2.63. The van der Waals surface area contributed by atoms with Crippen molar-refractivity contribution < 1.29 is 4.79 Å². The Balaban J connectivity index is 1.42. The lowest BCUT2D eigenvalue weighted by Crippen LogP contribution is -2.43. The Hall–Kier alpha value is -2.39. The maximum absolute atomic E-state index is 12.0. The number of piperidine rings is 1. The predicted octanol–water partition coefficient (Wildman–Crippen LogP) is 3.48. The minimum atomic E-state index is 0.000336. The van der Waals surface area contributed by atoms with E-state index in [2.05, 4.69) is 34.5 Å². The molecule has 0 bridgehead atoms. The number of benzene rings is 2. The van der Waals surface area contributed by atoms with Crippen LogP contribution in [0, 0.1) is 0 Å². The first kappa shape index (κ1) is 16.5. The lowest BCUT2D eigenvalue weighted by Gasteiger charge is -2.32. The minimum absolute atomic E-state index is 0.000336. The molecule has 1 heterocycles. The zero-order valence-electron chi connectivity index (χ0n) is 13.9. The molecule has 1 aliphatic rings. The highest BCUT2D eigenvalue weighted by Crippen LogP contribution is 2.14. The highest BCUT2D eigenvalue weighted by molar-refractivity contribution is 5.91. The van der Waals surface area contributed by atoms with Crippen LogP contribution in [0.5, 0.6) is 0 Å². The number of hydrogen-bond acceptors (Lipinski definition) is 2. The molecule has 124 valence electrons. The van der Waals surface area contributed by atoms with Gasteiger partial charge in [-0.2, -0.15) is 0 Å². The lowest BCUT2D eigenvalue weighted by molar-refractivity contribution is -0.117. The van der Waals surface area contributed by atoms with E-state index in [9.17, 15) is 4.79 Å². The molecular formula is C21H24N2O. The Morgan fingerprint density at radius 2 is 1.62 bits per heavy atom.